The molecule has 0 aliphatic heterocycles. The van der Waals surface area contributed by atoms with E-state index in [9.17, 15) is 18.0 Å². The molecule has 0 bridgehead atoms. The van der Waals surface area contributed by atoms with Crippen LogP contribution in [0, 0.1) is 11.6 Å². The number of benzene rings is 1. The number of pyridine rings is 1. The van der Waals surface area contributed by atoms with Crippen LogP contribution in [0.2, 0.25) is 0 Å². The molecule has 0 fully saturated rings. The molecular weight excluding hydrogens is 385 g/mol. The lowest BCUT2D eigenvalue weighted by Gasteiger charge is -2.10. The number of hydrogen-bond donors (Lipinski definition) is 2. The normalized spacial score (nSPS) is 11.8. The van der Waals surface area contributed by atoms with Gasteiger partial charge in [0.05, 0.1) is 17.0 Å². The molecule has 2 N–H and O–H groups in total. The summed E-state index contributed by atoms with van der Waals surface area (Å²) in [7, 11) is 0. The summed E-state index contributed by atoms with van der Waals surface area (Å²) >= 11 is 0. The predicted molar refractivity (Wildman–Crippen MR) is 100 cm³/mol. The summed E-state index contributed by atoms with van der Waals surface area (Å²) in [6, 6.07) is 9.51. The second-order valence-corrected chi connectivity index (χ2v) is 6.25. The molecule has 3 rings (SSSR count). The molecule has 9 heteroatoms. The van der Waals surface area contributed by atoms with E-state index in [0.717, 1.165) is 6.07 Å². The molecule has 1 aromatic carbocycles. The van der Waals surface area contributed by atoms with Crippen molar-refractivity contribution in [2.24, 2.45) is 0 Å². The highest BCUT2D eigenvalue weighted by Gasteiger charge is 2.14. The molecule has 0 radical (unpaired) electrons. The molecule has 0 saturated heterocycles. The van der Waals surface area contributed by atoms with E-state index < -0.39 is 29.3 Å². The summed E-state index contributed by atoms with van der Waals surface area (Å²) in [5, 5.41) is 19.8. The third-order valence-corrected chi connectivity index (χ3v) is 4.17. The van der Waals surface area contributed by atoms with Gasteiger partial charge in [-0.25, -0.2) is 18.0 Å². The SMILES string of the molecule is O=C(O)c1cc(-c2ccc(NCC[C@H](F)Cc3ncccc3F)nn2)ccc1F. The third-order valence-electron chi connectivity index (χ3n) is 4.17. The molecule has 0 amide bonds. The van der Waals surface area contributed by atoms with Crippen molar-refractivity contribution in [2.75, 3.05) is 11.9 Å². The Balaban J connectivity index is 1.55. The zero-order valence-electron chi connectivity index (χ0n) is 15.1. The van der Waals surface area contributed by atoms with Crippen molar-refractivity contribution in [3.63, 3.8) is 0 Å². The van der Waals surface area contributed by atoms with Gasteiger partial charge in [0.25, 0.3) is 0 Å². The second kappa shape index (κ2) is 9.13. The maximum Gasteiger partial charge on any atom is 0.338 e. The fraction of sp³-hybridized carbons (Fsp3) is 0.200. The standard InChI is InChI=1S/C20H17F3N4O2/c21-13(11-18-16(23)2-1-8-24-18)7-9-25-19-6-5-17(26-27-19)12-3-4-15(22)14(10-12)20(28)29/h1-6,8,10,13H,7,9,11H2,(H,25,27)(H,28,29)/t13-/m0/s1. The molecule has 0 aliphatic carbocycles. The molecule has 0 spiro atoms. The number of hydrogen-bond acceptors (Lipinski definition) is 5. The van der Waals surface area contributed by atoms with E-state index in [1.165, 1.54) is 30.5 Å². The van der Waals surface area contributed by atoms with E-state index in [2.05, 4.69) is 20.5 Å². The number of anilines is 1. The number of rotatable bonds is 8. The van der Waals surface area contributed by atoms with Gasteiger partial charge in [0.1, 0.15) is 23.6 Å². The fourth-order valence-electron chi connectivity index (χ4n) is 2.67. The summed E-state index contributed by atoms with van der Waals surface area (Å²) in [5.74, 6) is -2.34. The molecule has 2 aromatic heterocycles. The summed E-state index contributed by atoms with van der Waals surface area (Å²) in [4.78, 5) is 14.9. The van der Waals surface area contributed by atoms with Gasteiger partial charge in [0, 0.05) is 24.7 Å². The van der Waals surface area contributed by atoms with Crippen LogP contribution in [0.5, 0.6) is 0 Å². The number of nitrogens with one attached hydrogen (secondary N) is 1. The summed E-state index contributed by atoms with van der Waals surface area (Å²) < 4.78 is 41.0. The summed E-state index contributed by atoms with van der Waals surface area (Å²) in [6.45, 7) is 0.253. The average molecular weight is 402 g/mol. The first kappa shape index (κ1) is 20.2. The molecular formula is C20H17F3N4O2. The van der Waals surface area contributed by atoms with E-state index in [1.807, 2.05) is 0 Å². The van der Waals surface area contributed by atoms with Crippen LogP contribution in [0.1, 0.15) is 22.5 Å². The minimum absolute atomic E-state index is 0.0872. The van der Waals surface area contributed by atoms with Gasteiger partial charge in [0.15, 0.2) is 0 Å². The van der Waals surface area contributed by atoms with E-state index in [0.29, 0.717) is 17.1 Å². The molecule has 0 unspecified atom stereocenters. The van der Waals surface area contributed by atoms with Gasteiger partial charge in [-0.2, -0.15) is 0 Å². The van der Waals surface area contributed by atoms with Crippen molar-refractivity contribution < 1.29 is 23.1 Å². The molecule has 6 nitrogen and oxygen atoms in total. The van der Waals surface area contributed by atoms with Gasteiger partial charge in [-0.05, 0) is 48.9 Å². The van der Waals surface area contributed by atoms with Crippen molar-refractivity contribution in [1.82, 2.24) is 15.2 Å². The van der Waals surface area contributed by atoms with Crippen molar-refractivity contribution in [3.8, 4) is 11.3 Å². The molecule has 0 saturated carbocycles. The smallest absolute Gasteiger partial charge is 0.338 e. The van der Waals surface area contributed by atoms with Crippen LogP contribution in [0.25, 0.3) is 11.3 Å². The number of aromatic nitrogens is 3. The number of alkyl halides is 1. The molecule has 3 aromatic rings. The summed E-state index contributed by atoms with van der Waals surface area (Å²) in [6.07, 6.45) is 0.156. The monoisotopic (exact) mass is 402 g/mol. The van der Waals surface area contributed by atoms with Gasteiger partial charge in [-0.1, -0.05) is 0 Å². The Morgan fingerprint density at radius 3 is 2.62 bits per heavy atom. The van der Waals surface area contributed by atoms with E-state index in [-0.39, 0.29) is 25.1 Å². The van der Waals surface area contributed by atoms with Crippen LogP contribution in [0.3, 0.4) is 0 Å². The highest BCUT2D eigenvalue weighted by molar-refractivity contribution is 5.89. The van der Waals surface area contributed by atoms with Crippen molar-refractivity contribution in [1.29, 1.82) is 0 Å². The van der Waals surface area contributed by atoms with Gasteiger partial charge < -0.3 is 10.4 Å². The third kappa shape index (κ3) is 5.28. The van der Waals surface area contributed by atoms with E-state index >= 15 is 0 Å². The lowest BCUT2D eigenvalue weighted by molar-refractivity contribution is 0.0692. The Morgan fingerprint density at radius 2 is 1.93 bits per heavy atom. The van der Waals surface area contributed by atoms with Crippen LogP contribution in [-0.2, 0) is 6.42 Å². The Morgan fingerprint density at radius 1 is 1.10 bits per heavy atom. The van der Waals surface area contributed by atoms with Crippen LogP contribution in [0.4, 0.5) is 19.0 Å². The van der Waals surface area contributed by atoms with Gasteiger partial charge >= 0.3 is 5.97 Å². The first-order chi connectivity index (χ1) is 13.9. The first-order valence-corrected chi connectivity index (χ1v) is 8.78. The number of halogens is 3. The molecule has 1 atom stereocenters. The molecule has 2 heterocycles. The highest BCUT2D eigenvalue weighted by atomic mass is 19.1. The predicted octanol–water partition coefficient (Wildman–Crippen LogP) is 3.90. The number of nitrogens with zero attached hydrogens (tertiary/aromatic N) is 3. The highest BCUT2D eigenvalue weighted by Crippen LogP contribution is 2.21. The second-order valence-electron chi connectivity index (χ2n) is 6.25. The summed E-state index contributed by atoms with van der Waals surface area (Å²) in [5.41, 5.74) is 0.408. The quantitative estimate of drug-likeness (QED) is 0.594. The fourth-order valence-corrected chi connectivity index (χ4v) is 2.67. The number of aromatic carboxylic acids is 1. The number of carboxylic acid groups (broad SMARTS) is 1. The molecule has 0 aliphatic rings. The zero-order chi connectivity index (χ0) is 20.8. The lowest BCUT2D eigenvalue weighted by atomic mass is 10.1. The average Bonchev–Trinajstić information content (AvgIpc) is 2.70. The van der Waals surface area contributed by atoms with Gasteiger partial charge in [-0.15, -0.1) is 10.2 Å². The topological polar surface area (TPSA) is 88.0 Å². The minimum atomic E-state index is -1.37. The van der Waals surface area contributed by atoms with Crippen molar-refractivity contribution in [3.05, 3.63) is 71.6 Å². The molecule has 150 valence electrons. The van der Waals surface area contributed by atoms with Crippen LogP contribution < -0.4 is 5.32 Å². The number of carbonyl (C=O) groups is 1. The first-order valence-electron chi connectivity index (χ1n) is 8.78. The zero-order valence-corrected chi connectivity index (χ0v) is 15.1. The Hall–Kier alpha value is -3.49. The van der Waals surface area contributed by atoms with Gasteiger partial charge in [-0.3, -0.25) is 4.98 Å². The maximum atomic E-state index is 14.0. The van der Waals surface area contributed by atoms with E-state index in [1.54, 1.807) is 12.1 Å². The Bertz CT molecular complexity index is 999. The molecule has 29 heavy (non-hydrogen) atoms. The maximum absolute atomic E-state index is 14.0. The van der Waals surface area contributed by atoms with Crippen LogP contribution >= 0.6 is 0 Å². The minimum Gasteiger partial charge on any atom is -0.478 e. The number of carboxylic acids is 1. The van der Waals surface area contributed by atoms with Crippen molar-refractivity contribution >= 4 is 11.8 Å². The van der Waals surface area contributed by atoms with Gasteiger partial charge in [0.2, 0.25) is 0 Å². The van der Waals surface area contributed by atoms with Crippen molar-refractivity contribution in [2.45, 2.75) is 19.0 Å². The largest absolute Gasteiger partial charge is 0.478 e. The van der Waals surface area contributed by atoms with E-state index in [4.69, 9.17) is 5.11 Å². The van der Waals surface area contributed by atoms with Crippen LogP contribution in [-0.4, -0.2) is 39.0 Å². The van der Waals surface area contributed by atoms with Crippen LogP contribution in [0.15, 0.2) is 48.7 Å². The Kier molecular flexibility index (Phi) is 6.38. The lowest BCUT2D eigenvalue weighted by Crippen LogP contribution is -2.14. The Labute approximate surface area is 164 Å².